The van der Waals surface area contributed by atoms with Gasteiger partial charge in [-0.2, -0.15) is 0 Å². The lowest BCUT2D eigenvalue weighted by Gasteiger charge is -2.37. The van der Waals surface area contributed by atoms with E-state index in [9.17, 15) is 24.6 Å². The summed E-state index contributed by atoms with van der Waals surface area (Å²) in [6.45, 7) is 8.29. The molecule has 2 aliphatic rings. The molecule has 11 heteroatoms. The van der Waals surface area contributed by atoms with Gasteiger partial charge in [-0.25, -0.2) is 0 Å². The van der Waals surface area contributed by atoms with Crippen LogP contribution < -0.4 is 20.1 Å². The lowest BCUT2D eigenvalue weighted by molar-refractivity contribution is -0.146. The molecule has 5 atom stereocenters. The molecular formula is C32H44N2O8Si. The van der Waals surface area contributed by atoms with Gasteiger partial charge in [-0.1, -0.05) is 37.3 Å². The van der Waals surface area contributed by atoms with Gasteiger partial charge in [0.1, 0.15) is 11.9 Å². The van der Waals surface area contributed by atoms with Crippen LogP contribution in [0.2, 0.25) is 18.6 Å². The highest BCUT2D eigenvalue weighted by atomic mass is 28.3. The fraction of sp³-hybridized carbons (Fsp3) is 0.531. The first-order valence-electron chi connectivity index (χ1n) is 14.9. The van der Waals surface area contributed by atoms with E-state index in [-0.39, 0.29) is 42.5 Å². The summed E-state index contributed by atoms with van der Waals surface area (Å²) in [5.41, 5.74) is 0.447. The number of rotatable bonds is 12. The summed E-state index contributed by atoms with van der Waals surface area (Å²) >= 11 is 0. The van der Waals surface area contributed by atoms with Gasteiger partial charge in [0.25, 0.3) is 11.8 Å². The van der Waals surface area contributed by atoms with Crippen LogP contribution in [0.4, 0.5) is 11.4 Å². The standard InChI is InChI=1S/C32H44N2O8Si/c1-20-29(43(5,6)24-13-11-23(40-3)12-14-24)27(16-18-35)42-32(20)25-19-22(33-30(38)21(2)36)10-15-26(25)34(31(32)39)17-8-7-9-28(37)41-4/h10-15,19-21,27,29,35-36H,7-9,16-18H2,1-6H3,(H,33,38)/t20-,21-,27+,29-,32+/m0/s1. The van der Waals surface area contributed by atoms with Crippen molar-refractivity contribution in [1.82, 2.24) is 0 Å². The van der Waals surface area contributed by atoms with E-state index in [0.717, 1.165) is 5.75 Å². The Morgan fingerprint density at radius 3 is 2.44 bits per heavy atom. The fourth-order valence-electron chi connectivity index (χ4n) is 6.90. The molecule has 43 heavy (non-hydrogen) atoms. The highest BCUT2D eigenvalue weighted by molar-refractivity contribution is 6.91. The van der Waals surface area contributed by atoms with Gasteiger partial charge < -0.3 is 34.6 Å². The molecule has 1 saturated heterocycles. The second kappa shape index (κ2) is 13.2. The van der Waals surface area contributed by atoms with Gasteiger partial charge in [0.05, 0.1) is 34.1 Å². The highest BCUT2D eigenvalue weighted by Crippen LogP contribution is 2.60. The van der Waals surface area contributed by atoms with Gasteiger partial charge in [0.15, 0.2) is 5.60 Å². The van der Waals surface area contributed by atoms with Crippen molar-refractivity contribution in [2.45, 2.75) is 76.0 Å². The van der Waals surface area contributed by atoms with Crippen molar-refractivity contribution in [3.05, 3.63) is 48.0 Å². The first-order valence-corrected chi connectivity index (χ1v) is 18.0. The maximum Gasteiger partial charge on any atom is 0.305 e. The Morgan fingerprint density at radius 1 is 1.14 bits per heavy atom. The van der Waals surface area contributed by atoms with Crippen molar-refractivity contribution in [1.29, 1.82) is 0 Å². The molecule has 0 radical (unpaired) electrons. The second-order valence-electron chi connectivity index (χ2n) is 12.1. The number of ether oxygens (including phenoxy) is 3. The van der Waals surface area contributed by atoms with Crippen molar-refractivity contribution < 1.29 is 38.8 Å². The van der Waals surface area contributed by atoms with Crippen LogP contribution in [-0.2, 0) is 29.5 Å². The third kappa shape index (κ3) is 6.08. The van der Waals surface area contributed by atoms with Gasteiger partial charge in [-0.05, 0) is 62.1 Å². The highest BCUT2D eigenvalue weighted by Gasteiger charge is 2.66. The Labute approximate surface area is 254 Å². The lowest BCUT2D eigenvalue weighted by atomic mass is 9.82. The Balaban J connectivity index is 1.78. The van der Waals surface area contributed by atoms with Crippen LogP contribution in [0, 0.1) is 5.92 Å². The van der Waals surface area contributed by atoms with Crippen molar-refractivity contribution >= 4 is 42.4 Å². The summed E-state index contributed by atoms with van der Waals surface area (Å²) in [6.07, 6.45) is 0.202. The molecule has 2 aromatic rings. The predicted molar refractivity (Wildman–Crippen MR) is 166 cm³/mol. The molecule has 2 amide bonds. The minimum absolute atomic E-state index is 0.0279. The minimum Gasteiger partial charge on any atom is -0.497 e. The van der Waals surface area contributed by atoms with E-state index in [4.69, 9.17) is 14.2 Å². The van der Waals surface area contributed by atoms with Crippen LogP contribution in [0.1, 0.15) is 45.1 Å². The number of unbranched alkanes of at least 4 members (excludes halogenated alkanes) is 1. The van der Waals surface area contributed by atoms with Crippen molar-refractivity contribution in [3.8, 4) is 5.75 Å². The molecule has 3 N–H and O–H groups in total. The lowest BCUT2D eigenvalue weighted by Crippen LogP contribution is -2.52. The van der Waals surface area contributed by atoms with E-state index in [1.807, 2.05) is 12.1 Å². The summed E-state index contributed by atoms with van der Waals surface area (Å²) in [4.78, 5) is 40.3. The first-order chi connectivity index (χ1) is 20.4. The number of nitrogens with one attached hydrogen (secondary N) is 1. The number of nitrogens with zero attached hydrogens (tertiary/aromatic N) is 1. The number of carbonyl (C=O) groups is 3. The number of carbonyl (C=O) groups excluding carboxylic acids is 3. The van der Waals surface area contributed by atoms with Crippen molar-refractivity contribution in [3.63, 3.8) is 0 Å². The van der Waals surface area contributed by atoms with E-state index in [2.05, 4.69) is 37.5 Å². The average Bonchev–Trinajstić information content (AvgIpc) is 3.41. The third-order valence-electron chi connectivity index (χ3n) is 9.14. The number of aliphatic hydroxyl groups excluding tert-OH is 2. The van der Waals surface area contributed by atoms with E-state index in [0.29, 0.717) is 42.7 Å². The van der Waals surface area contributed by atoms with Gasteiger partial charge in [0.2, 0.25) is 0 Å². The SMILES string of the molecule is COC(=O)CCCCN1C(=O)[C@]2(O[C@H](CCO)[C@@H]([Si](C)(C)c3ccc(OC)cc3)[C@@H]2C)c2cc(NC(=O)[C@H](C)O)ccc21. The topological polar surface area (TPSA) is 135 Å². The smallest absolute Gasteiger partial charge is 0.305 e. The normalized spacial score (nSPS) is 23.8. The monoisotopic (exact) mass is 612 g/mol. The zero-order valence-corrected chi connectivity index (χ0v) is 26.9. The molecule has 2 aliphatic heterocycles. The third-order valence-corrected chi connectivity index (χ3v) is 13.5. The molecule has 0 aromatic heterocycles. The fourth-order valence-corrected chi connectivity index (χ4v) is 11.0. The number of methoxy groups -OCH3 is 2. The summed E-state index contributed by atoms with van der Waals surface area (Å²) in [7, 11) is 0.658. The van der Waals surface area contributed by atoms with Crippen LogP contribution in [0.3, 0.4) is 0 Å². The Bertz CT molecular complexity index is 1330. The second-order valence-corrected chi connectivity index (χ2v) is 16.7. The Hall–Kier alpha value is -3.25. The molecular weight excluding hydrogens is 568 g/mol. The maximum absolute atomic E-state index is 14.6. The van der Waals surface area contributed by atoms with Crippen LogP contribution in [0.15, 0.2) is 42.5 Å². The van der Waals surface area contributed by atoms with Crippen LogP contribution >= 0.6 is 0 Å². The molecule has 234 valence electrons. The Kier molecular flexibility index (Phi) is 10.0. The maximum atomic E-state index is 14.6. The van der Waals surface area contributed by atoms with E-state index in [1.165, 1.54) is 19.2 Å². The van der Waals surface area contributed by atoms with Crippen LogP contribution in [0.25, 0.3) is 0 Å². The number of anilines is 2. The van der Waals surface area contributed by atoms with Gasteiger partial charge in [0, 0.05) is 36.7 Å². The zero-order chi connectivity index (χ0) is 31.5. The largest absolute Gasteiger partial charge is 0.497 e. The molecule has 1 fully saturated rings. The van der Waals surface area contributed by atoms with E-state index >= 15 is 0 Å². The summed E-state index contributed by atoms with van der Waals surface area (Å²) in [6, 6.07) is 13.4. The number of esters is 1. The molecule has 0 aliphatic carbocycles. The predicted octanol–water partition coefficient (Wildman–Crippen LogP) is 3.30. The Morgan fingerprint density at radius 2 is 1.84 bits per heavy atom. The summed E-state index contributed by atoms with van der Waals surface area (Å²) in [5.74, 6) is -0.528. The molecule has 0 unspecified atom stereocenters. The van der Waals surface area contributed by atoms with Crippen LogP contribution in [-0.4, -0.2) is 75.6 Å². The molecule has 10 nitrogen and oxygen atoms in total. The number of amides is 2. The van der Waals surface area contributed by atoms with E-state index in [1.54, 1.807) is 30.2 Å². The molecule has 1 spiro atoms. The summed E-state index contributed by atoms with van der Waals surface area (Å²) < 4.78 is 17.0. The van der Waals surface area contributed by atoms with Crippen molar-refractivity contribution in [2.75, 3.05) is 37.6 Å². The zero-order valence-electron chi connectivity index (χ0n) is 25.9. The van der Waals surface area contributed by atoms with Gasteiger partial charge >= 0.3 is 5.97 Å². The van der Waals surface area contributed by atoms with Gasteiger partial charge in [-0.15, -0.1) is 0 Å². The minimum atomic E-state index is -2.33. The average molecular weight is 613 g/mol. The number of hydrogen-bond donors (Lipinski definition) is 3. The number of aliphatic hydroxyl groups is 2. The van der Waals surface area contributed by atoms with Crippen LogP contribution in [0.5, 0.6) is 5.75 Å². The quantitative estimate of drug-likeness (QED) is 0.189. The number of fused-ring (bicyclic) bond motifs is 2. The summed E-state index contributed by atoms with van der Waals surface area (Å²) in [5, 5.41) is 23.8. The first kappa shape index (κ1) is 32.7. The molecule has 0 bridgehead atoms. The molecule has 2 aromatic carbocycles. The molecule has 0 saturated carbocycles. The number of hydrogen-bond acceptors (Lipinski definition) is 8. The van der Waals surface area contributed by atoms with E-state index < -0.39 is 25.7 Å². The number of benzene rings is 2. The molecule has 2 heterocycles. The molecule has 4 rings (SSSR count). The van der Waals surface area contributed by atoms with Crippen molar-refractivity contribution in [2.24, 2.45) is 5.92 Å². The van der Waals surface area contributed by atoms with Gasteiger partial charge in [-0.3, -0.25) is 14.4 Å².